The Labute approximate surface area is 113 Å². The maximum Gasteiger partial charge on any atom is 0.326 e. The molecule has 2 atom stereocenters. The average molecular weight is 273 g/mol. The highest BCUT2D eigenvalue weighted by Crippen LogP contribution is 2.27. The Morgan fingerprint density at radius 2 is 2.00 bits per heavy atom. The van der Waals surface area contributed by atoms with Crippen LogP contribution in [-0.4, -0.2) is 45.0 Å². The van der Waals surface area contributed by atoms with Crippen molar-refractivity contribution in [2.45, 2.75) is 51.3 Å². The fourth-order valence-corrected chi connectivity index (χ4v) is 2.76. The monoisotopic (exact) mass is 273 g/mol. The number of carboxylic acids is 1. The van der Waals surface area contributed by atoms with E-state index < -0.39 is 12.0 Å². The summed E-state index contributed by atoms with van der Waals surface area (Å²) in [4.78, 5) is 24.9. The number of piperidine rings is 1. The predicted octanol–water partition coefficient (Wildman–Crippen LogP) is 2.23. The maximum absolute atomic E-state index is 12.1. The van der Waals surface area contributed by atoms with E-state index in [9.17, 15) is 14.7 Å². The molecule has 1 saturated heterocycles. The molecule has 0 aromatic rings. The van der Waals surface area contributed by atoms with Crippen LogP contribution >= 0.6 is 11.8 Å². The Kier molecular flexibility index (Phi) is 5.08. The topological polar surface area (TPSA) is 57.6 Å². The molecular formula is C13H23NO3S. The molecule has 0 aromatic carbocycles. The van der Waals surface area contributed by atoms with Crippen LogP contribution in [0.4, 0.5) is 0 Å². The van der Waals surface area contributed by atoms with Crippen molar-refractivity contribution < 1.29 is 14.7 Å². The van der Waals surface area contributed by atoms with E-state index in [1.54, 1.807) is 16.7 Å². The number of likely N-dealkylation sites (tertiary alicyclic amines) is 1. The largest absolute Gasteiger partial charge is 0.480 e. The van der Waals surface area contributed by atoms with Gasteiger partial charge in [-0.05, 0) is 18.8 Å². The number of aliphatic carboxylic acids is 1. The van der Waals surface area contributed by atoms with Gasteiger partial charge in [0.1, 0.15) is 6.04 Å². The zero-order valence-corrected chi connectivity index (χ0v) is 12.4. The summed E-state index contributed by atoms with van der Waals surface area (Å²) in [5.74, 6) is -0.183. The number of carbonyl (C=O) groups excluding carboxylic acids is 1. The smallest absolute Gasteiger partial charge is 0.326 e. The second-order valence-electron chi connectivity index (χ2n) is 5.97. The fraction of sp³-hybridized carbons (Fsp3) is 0.846. The van der Waals surface area contributed by atoms with Crippen molar-refractivity contribution in [1.29, 1.82) is 0 Å². The second kappa shape index (κ2) is 5.95. The summed E-state index contributed by atoms with van der Waals surface area (Å²) >= 11 is 1.57. The number of hydrogen-bond acceptors (Lipinski definition) is 3. The maximum atomic E-state index is 12.1. The van der Waals surface area contributed by atoms with Gasteiger partial charge < -0.3 is 10.0 Å². The van der Waals surface area contributed by atoms with Crippen LogP contribution < -0.4 is 0 Å². The molecule has 1 fully saturated rings. The number of carbonyl (C=O) groups is 2. The van der Waals surface area contributed by atoms with Gasteiger partial charge in [-0.1, -0.05) is 27.7 Å². The van der Waals surface area contributed by atoms with E-state index in [4.69, 9.17) is 0 Å². The molecule has 104 valence electrons. The minimum absolute atomic E-state index is 0.0253. The van der Waals surface area contributed by atoms with Crippen molar-refractivity contribution in [3.63, 3.8) is 0 Å². The van der Waals surface area contributed by atoms with E-state index in [0.29, 0.717) is 24.6 Å². The summed E-state index contributed by atoms with van der Waals surface area (Å²) in [7, 11) is 0. The van der Waals surface area contributed by atoms with Crippen LogP contribution in [0.2, 0.25) is 0 Å². The minimum Gasteiger partial charge on any atom is -0.480 e. The summed E-state index contributed by atoms with van der Waals surface area (Å²) in [5, 5.41) is 9.20. The molecule has 0 aromatic heterocycles. The summed E-state index contributed by atoms with van der Waals surface area (Å²) in [6.07, 6.45) is 1.47. The molecule has 0 bridgehead atoms. The van der Waals surface area contributed by atoms with Gasteiger partial charge in [-0.2, -0.15) is 0 Å². The first-order valence-electron chi connectivity index (χ1n) is 6.37. The summed E-state index contributed by atoms with van der Waals surface area (Å²) in [6, 6.07) is -0.637. The summed E-state index contributed by atoms with van der Waals surface area (Å²) in [5.41, 5.74) is 0. The van der Waals surface area contributed by atoms with Crippen LogP contribution in [0, 0.1) is 5.92 Å². The van der Waals surface area contributed by atoms with Gasteiger partial charge in [0.05, 0.1) is 5.75 Å². The Morgan fingerprint density at radius 1 is 1.39 bits per heavy atom. The van der Waals surface area contributed by atoms with E-state index in [0.717, 1.165) is 6.42 Å². The van der Waals surface area contributed by atoms with Gasteiger partial charge in [0.15, 0.2) is 0 Å². The molecule has 1 aliphatic rings. The van der Waals surface area contributed by atoms with Gasteiger partial charge >= 0.3 is 5.97 Å². The molecule has 0 saturated carbocycles. The van der Waals surface area contributed by atoms with Gasteiger partial charge in [-0.25, -0.2) is 4.79 Å². The van der Waals surface area contributed by atoms with Crippen molar-refractivity contribution in [2.75, 3.05) is 12.3 Å². The first-order valence-corrected chi connectivity index (χ1v) is 7.35. The molecule has 1 rings (SSSR count). The molecule has 1 aliphatic heterocycles. The van der Waals surface area contributed by atoms with Crippen molar-refractivity contribution in [1.82, 2.24) is 4.90 Å². The zero-order chi connectivity index (χ0) is 13.9. The molecule has 1 N–H and O–H groups in total. The lowest BCUT2D eigenvalue weighted by Gasteiger charge is -2.36. The van der Waals surface area contributed by atoms with Gasteiger partial charge in [0.2, 0.25) is 5.91 Å². The lowest BCUT2D eigenvalue weighted by molar-refractivity contribution is -0.151. The van der Waals surface area contributed by atoms with Crippen molar-refractivity contribution in [3.05, 3.63) is 0 Å². The third-order valence-corrected chi connectivity index (χ3v) is 4.36. The highest BCUT2D eigenvalue weighted by Gasteiger charge is 2.34. The Hall–Kier alpha value is -0.710. The molecule has 0 aliphatic carbocycles. The van der Waals surface area contributed by atoms with E-state index in [1.807, 2.05) is 6.92 Å². The lowest BCUT2D eigenvalue weighted by Crippen LogP contribution is -2.50. The van der Waals surface area contributed by atoms with Gasteiger partial charge in [0.25, 0.3) is 0 Å². The van der Waals surface area contributed by atoms with E-state index in [2.05, 4.69) is 20.8 Å². The summed E-state index contributed by atoms with van der Waals surface area (Å²) < 4.78 is 0.0253. The van der Waals surface area contributed by atoms with Gasteiger partial charge in [-0.3, -0.25) is 4.79 Å². The molecule has 5 heteroatoms. The van der Waals surface area contributed by atoms with Crippen molar-refractivity contribution in [2.24, 2.45) is 5.92 Å². The third kappa shape index (κ3) is 4.52. The number of hydrogen-bond donors (Lipinski definition) is 1. The molecule has 0 radical (unpaired) electrons. The number of nitrogens with zero attached hydrogens (tertiary/aromatic N) is 1. The van der Waals surface area contributed by atoms with Gasteiger partial charge in [0, 0.05) is 11.3 Å². The fourth-order valence-electron chi connectivity index (χ4n) is 2.04. The number of thioether (sulfide) groups is 1. The van der Waals surface area contributed by atoms with E-state index in [1.165, 1.54) is 0 Å². The highest BCUT2D eigenvalue weighted by molar-refractivity contribution is 8.01. The minimum atomic E-state index is -0.879. The summed E-state index contributed by atoms with van der Waals surface area (Å²) in [6.45, 7) is 8.77. The Bertz CT molecular complexity index is 325. The van der Waals surface area contributed by atoms with Crippen molar-refractivity contribution in [3.8, 4) is 0 Å². The lowest BCUT2D eigenvalue weighted by atomic mass is 9.92. The first kappa shape index (κ1) is 15.3. The Balaban J connectivity index is 2.62. The molecule has 2 unspecified atom stereocenters. The van der Waals surface area contributed by atoms with Gasteiger partial charge in [-0.15, -0.1) is 11.8 Å². The number of rotatable bonds is 3. The first-order chi connectivity index (χ1) is 8.20. The van der Waals surface area contributed by atoms with Crippen LogP contribution in [0.3, 0.4) is 0 Å². The SMILES string of the molecule is CC1CCN(C(=O)CSC(C)(C)C)C(C(=O)O)C1. The molecule has 0 spiro atoms. The molecule has 1 heterocycles. The number of carboxylic acid groups (broad SMARTS) is 1. The normalized spacial score (nSPS) is 25.0. The number of amides is 1. The van der Waals surface area contributed by atoms with Crippen LogP contribution in [-0.2, 0) is 9.59 Å². The quantitative estimate of drug-likeness (QED) is 0.856. The molecular weight excluding hydrogens is 250 g/mol. The van der Waals surface area contributed by atoms with Crippen LogP contribution in [0.15, 0.2) is 0 Å². The highest BCUT2D eigenvalue weighted by atomic mass is 32.2. The van der Waals surface area contributed by atoms with Crippen LogP contribution in [0.25, 0.3) is 0 Å². The predicted molar refractivity (Wildman–Crippen MR) is 73.7 cm³/mol. The van der Waals surface area contributed by atoms with E-state index >= 15 is 0 Å². The van der Waals surface area contributed by atoms with Crippen molar-refractivity contribution >= 4 is 23.6 Å². The molecule has 4 nitrogen and oxygen atoms in total. The third-order valence-electron chi connectivity index (χ3n) is 3.10. The molecule has 18 heavy (non-hydrogen) atoms. The zero-order valence-electron chi connectivity index (χ0n) is 11.6. The van der Waals surface area contributed by atoms with Crippen LogP contribution in [0.1, 0.15) is 40.5 Å². The van der Waals surface area contributed by atoms with E-state index in [-0.39, 0.29) is 10.7 Å². The second-order valence-corrected chi connectivity index (χ2v) is 7.77. The Morgan fingerprint density at radius 3 is 2.50 bits per heavy atom. The standard InChI is InChI=1S/C13H23NO3S/c1-9-5-6-14(10(7-9)12(16)17)11(15)8-18-13(2,3)4/h9-10H,5-8H2,1-4H3,(H,16,17). The average Bonchev–Trinajstić information content (AvgIpc) is 2.24. The van der Waals surface area contributed by atoms with Crippen LogP contribution in [0.5, 0.6) is 0 Å². The molecule has 1 amide bonds.